The fraction of sp³-hybridized carbons (Fsp3) is 0.500. The number of rotatable bonds is 6. The molecule has 0 aliphatic carbocycles. The molecule has 0 bridgehead atoms. The second-order valence-corrected chi connectivity index (χ2v) is 6.07. The summed E-state index contributed by atoms with van der Waals surface area (Å²) in [7, 11) is -3.12. The number of hydrogen-bond donors (Lipinski definition) is 1. The van der Waals surface area contributed by atoms with Gasteiger partial charge in [0.1, 0.15) is 12.4 Å². The van der Waals surface area contributed by atoms with Crippen molar-refractivity contribution >= 4 is 10.0 Å². The first-order chi connectivity index (χ1) is 7.93. The van der Waals surface area contributed by atoms with Crippen LogP contribution in [0.1, 0.15) is 18.1 Å². The molecule has 1 aromatic rings. The number of hydrogen-bond acceptors (Lipinski definition) is 3. The van der Waals surface area contributed by atoms with Crippen molar-refractivity contribution in [3.63, 3.8) is 0 Å². The summed E-state index contributed by atoms with van der Waals surface area (Å²) in [6.45, 7) is 6.23. The van der Waals surface area contributed by atoms with Crippen LogP contribution in [-0.2, 0) is 10.0 Å². The van der Waals surface area contributed by atoms with Crippen LogP contribution >= 0.6 is 0 Å². The molecule has 0 fully saturated rings. The summed E-state index contributed by atoms with van der Waals surface area (Å²) in [6.07, 6.45) is 0. The minimum atomic E-state index is -3.12. The van der Waals surface area contributed by atoms with E-state index in [2.05, 4.69) is 10.8 Å². The lowest BCUT2D eigenvalue weighted by Crippen LogP contribution is -2.29. The molecule has 4 nitrogen and oxygen atoms in total. The molecule has 0 radical (unpaired) electrons. The van der Waals surface area contributed by atoms with Gasteiger partial charge in [-0.15, -0.1) is 0 Å². The molecular formula is C12H19NO3S. The van der Waals surface area contributed by atoms with Crippen LogP contribution in [0.5, 0.6) is 5.75 Å². The van der Waals surface area contributed by atoms with Crippen LogP contribution in [0.3, 0.4) is 0 Å². The Morgan fingerprint density at radius 2 is 1.76 bits per heavy atom. The topological polar surface area (TPSA) is 55.4 Å². The normalized spacial score (nSPS) is 11.5. The summed E-state index contributed by atoms with van der Waals surface area (Å²) in [6, 6.07) is 5.93. The van der Waals surface area contributed by atoms with Crippen LogP contribution in [0.4, 0.5) is 0 Å². The Hall–Kier alpha value is -1.07. The predicted molar refractivity (Wildman–Crippen MR) is 68.9 cm³/mol. The van der Waals surface area contributed by atoms with Crippen molar-refractivity contribution in [2.75, 3.05) is 18.9 Å². The Kier molecular flexibility index (Phi) is 4.96. The smallest absolute Gasteiger partial charge is 0.211 e. The fourth-order valence-electron chi connectivity index (χ4n) is 1.48. The van der Waals surface area contributed by atoms with Gasteiger partial charge in [-0.05, 0) is 44.0 Å². The number of aryl methyl sites for hydroxylation is 2. The van der Waals surface area contributed by atoms with Crippen LogP contribution in [0.2, 0.25) is 0 Å². The maximum absolute atomic E-state index is 11.2. The monoisotopic (exact) mass is 257 g/mol. The zero-order chi connectivity index (χ0) is 12.9. The van der Waals surface area contributed by atoms with Gasteiger partial charge >= 0.3 is 0 Å². The fourth-order valence-corrected chi connectivity index (χ4v) is 2.08. The molecule has 5 heteroatoms. The van der Waals surface area contributed by atoms with Gasteiger partial charge in [0.25, 0.3) is 0 Å². The van der Waals surface area contributed by atoms with E-state index in [0.717, 1.165) is 16.9 Å². The molecule has 0 unspecified atom stereocenters. The van der Waals surface area contributed by atoms with Gasteiger partial charge in [0.15, 0.2) is 0 Å². The number of sulfonamides is 1. The number of benzene rings is 1. The Balaban J connectivity index is 2.41. The summed E-state index contributed by atoms with van der Waals surface area (Å²) in [4.78, 5) is 0. The molecule has 0 aliphatic rings. The molecule has 0 saturated heterocycles. The quantitative estimate of drug-likeness (QED) is 0.788. The SMILES string of the molecule is CCS(=O)(=O)NCCOc1cc(C)cc(C)c1. The highest BCUT2D eigenvalue weighted by Gasteiger charge is 2.04. The molecule has 1 rings (SSSR count). The molecule has 1 N–H and O–H groups in total. The Bertz CT molecular complexity index is 448. The molecule has 0 amide bonds. The van der Waals surface area contributed by atoms with Gasteiger partial charge < -0.3 is 4.74 Å². The predicted octanol–water partition coefficient (Wildman–Crippen LogP) is 1.62. The average molecular weight is 257 g/mol. The van der Waals surface area contributed by atoms with E-state index >= 15 is 0 Å². The lowest BCUT2D eigenvalue weighted by molar-refractivity contribution is 0.322. The zero-order valence-electron chi connectivity index (χ0n) is 10.5. The number of ether oxygens (including phenoxy) is 1. The van der Waals surface area contributed by atoms with E-state index in [1.54, 1.807) is 6.92 Å². The summed E-state index contributed by atoms with van der Waals surface area (Å²) in [5.41, 5.74) is 2.27. The van der Waals surface area contributed by atoms with Gasteiger partial charge in [-0.1, -0.05) is 6.07 Å². The van der Waals surface area contributed by atoms with E-state index in [9.17, 15) is 8.42 Å². The van der Waals surface area contributed by atoms with E-state index in [0.29, 0.717) is 13.2 Å². The molecule has 0 spiro atoms. The highest BCUT2D eigenvalue weighted by atomic mass is 32.2. The lowest BCUT2D eigenvalue weighted by Gasteiger charge is -2.09. The second kappa shape index (κ2) is 6.02. The van der Waals surface area contributed by atoms with Gasteiger partial charge in [0.05, 0.1) is 5.75 Å². The maximum Gasteiger partial charge on any atom is 0.211 e. The third kappa shape index (κ3) is 5.19. The van der Waals surface area contributed by atoms with E-state index in [1.807, 2.05) is 26.0 Å². The van der Waals surface area contributed by atoms with Gasteiger partial charge in [-0.3, -0.25) is 0 Å². The first-order valence-corrected chi connectivity index (χ1v) is 7.26. The summed E-state index contributed by atoms with van der Waals surface area (Å²) < 4.78 is 30.2. The average Bonchev–Trinajstić information content (AvgIpc) is 2.23. The summed E-state index contributed by atoms with van der Waals surface area (Å²) >= 11 is 0. The summed E-state index contributed by atoms with van der Waals surface area (Å²) in [5.74, 6) is 0.870. The van der Waals surface area contributed by atoms with Crippen molar-refractivity contribution in [3.05, 3.63) is 29.3 Å². The van der Waals surface area contributed by atoms with Crippen LogP contribution in [-0.4, -0.2) is 27.3 Å². The Morgan fingerprint density at radius 1 is 1.18 bits per heavy atom. The van der Waals surface area contributed by atoms with Gasteiger partial charge in [-0.2, -0.15) is 0 Å². The Labute approximate surface area is 103 Å². The third-order valence-electron chi connectivity index (χ3n) is 2.27. The first kappa shape index (κ1) is 14.0. The van der Waals surface area contributed by atoms with Crippen LogP contribution in [0, 0.1) is 13.8 Å². The molecule has 0 heterocycles. The first-order valence-electron chi connectivity index (χ1n) is 5.61. The van der Waals surface area contributed by atoms with Crippen LogP contribution in [0.15, 0.2) is 18.2 Å². The van der Waals surface area contributed by atoms with Gasteiger partial charge in [0.2, 0.25) is 10.0 Å². The largest absolute Gasteiger partial charge is 0.492 e. The zero-order valence-corrected chi connectivity index (χ0v) is 11.3. The van der Waals surface area contributed by atoms with Gasteiger partial charge in [0, 0.05) is 6.54 Å². The summed E-state index contributed by atoms with van der Waals surface area (Å²) in [5, 5.41) is 0. The van der Waals surface area contributed by atoms with Crippen molar-refractivity contribution in [2.45, 2.75) is 20.8 Å². The third-order valence-corrected chi connectivity index (χ3v) is 3.67. The highest BCUT2D eigenvalue weighted by Crippen LogP contribution is 2.15. The molecule has 0 aliphatic heterocycles. The van der Waals surface area contributed by atoms with E-state index in [1.165, 1.54) is 0 Å². The molecule has 0 saturated carbocycles. The molecule has 1 aromatic carbocycles. The van der Waals surface area contributed by atoms with Crippen molar-refractivity contribution in [3.8, 4) is 5.75 Å². The highest BCUT2D eigenvalue weighted by molar-refractivity contribution is 7.89. The second-order valence-electron chi connectivity index (χ2n) is 3.97. The molecule has 0 atom stereocenters. The lowest BCUT2D eigenvalue weighted by atomic mass is 10.1. The van der Waals surface area contributed by atoms with Gasteiger partial charge in [-0.25, -0.2) is 13.1 Å². The molecule has 96 valence electrons. The van der Waals surface area contributed by atoms with Crippen molar-refractivity contribution < 1.29 is 13.2 Å². The number of nitrogens with one attached hydrogen (secondary N) is 1. The van der Waals surface area contributed by atoms with E-state index in [-0.39, 0.29) is 5.75 Å². The van der Waals surface area contributed by atoms with E-state index < -0.39 is 10.0 Å². The minimum Gasteiger partial charge on any atom is -0.492 e. The van der Waals surface area contributed by atoms with Crippen molar-refractivity contribution in [2.24, 2.45) is 0 Å². The minimum absolute atomic E-state index is 0.0938. The molecule has 17 heavy (non-hydrogen) atoms. The molecule has 0 aromatic heterocycles. The van der Waals surface area contributed by atoms with Crippen LogP contribution in [0.25, 0.3) is 0 Å². The Morgan fingerprint density at radius 3 is 2.29 bits per heavy atom. The molecular weight excluding hydrogens is 238 g/mol. The standard InChI is InChI=1S/C12H19NO3S/c1-4-17(14,15)13-5-6-16-12-8-10(2)7-11(3)9-12/h7-9,13H,4-6H2,1-3H3. The van der Waals surface area contributed by atoms with E-state index in [4.69, 9.17) is 4.74 Å². The van der Waals surface area contributed by atoms with Crippen molar-refractivity contribution in [1.29, 1.82) is 0 Å². The maximum atomic E-state index is 11.2. The van der Waals surface area contributed by atoms with Crippen LogP contribution < -0.4 is 9.46 Å². The van der Waals surface area contributed by atoms with Crippen molar-refractivity contribution in [1.82, 2.24) is 4.72 Å².